The summed E-state index contributed by atoms with van der Waals surface area (Å²) in [6.07, 6.45) is 0. The number of nitrogens with zero attached hydrogens (tertiary/aromatic N) is 1. The number of hydrogen-bond donors (Lipinski definition) is 3. The molecular weight excluding hydrogens is 158 g/mol. The van der Waals surface area contributed by atoms with Gasteiger partial charge < -0.3 is 5.11 Å². The maximum absolute atomic E-state index is 10.9. The normalized spacial score (nSPS) is 9.50. The quantitative estimate of drug-likeness (QED) is 0.305. The highest BCUT2D eigenvalue weighted by Crippen LogP contribution is 1.98. The Balaban J connectivity index is 2.93. The molecule has 0 unspecified atom stereocenters. The molecule has 0 aliphatic carbocycles. The van der Waals surface area contributed by atoms with Gasteiger partial charge in [-0.1, -0.05) is 6.07 Å². The molecule has 0 bridgehead atoms. The zero-order valence-corrected chi connectivity index (χ0v) is 6.32. The van der Waals surface area contributed by atoms with E-state index in [1.165, 1.54) is 6.07 Å². The summed E-state index contributed by atoms with van der Waals surface area (Å²) >= 11 is 0. The van der Waals surface area contributed by atoms with E-state index in [1.54, 1.807) is 12.1 Å². The third-order valence-electron chi connectivity index (χ3n) is 1.33. The van der Waals surface area contributed by atoms with Gasteiger partial charge in [0.15, 0.2) is 0 Å². The van der Waals surface area contributed by atoms with Gasteiger partial charge >= 0.3 is 0 Å². The molecule has 12 heavy (non-hydrogen) atoms. The maximum atomic E-state index is 10.9. The van der Waals surface area contributed by atoms with Crippen molar-refractivity contribution in [3.05, 3.63) is 29.6 Å². The van der Waals surface area contributed by atoms with Crippen LogP contribution >= 0.6 is 0 Å². The van der Waals surface area contributed by atoms with E-state index in [9.17, 15) is 4.79 Å². The number of nitrogen functional groups attached to an aromatic ring is 1. The number of hydrazine groups is 1. The molecule has 1 aromatic heterocycles. The van der Waals surface area contributed by atoms with Gasteiger partial charge in [-0.15, -0.1) is 0 Å². The number of hydrogen-bond acceptors (Lipinski definition) is 4. The average Bonchev–Trinajstić information content (AvgIpc) is 2.17. The fourth-order valence-electron chi connectivity index (χ4n) is 0.768. The molecule has 0 saturated heterocycles. The number of pyridine rings is 1. The monoisotopic (exact) mass is 167 g/mol. The molecule has 5 heteroatoms. The first-order valence-electron chi connectivity index (χ1n) is 3.35. The fraction of sp³-hybridized carbons (Fsp3) is 0.143. The van der Waals surface area contributed by atoms with Crippen molar-refractivity contribution in [2.45, 2.75) is 6.61 Å². The summed E-state index contributed by atoms with van der Waals surface area (Å²) in [7, 11) is 0. The van der Waals surface area contributed by atoms with Crippen molar-refractivity contribution in [2.24, 2.45) is 5.84 Å². The second kappa shape index (κ2) is 3.80. The Labute approximate surface area is 69.2 Å². The Morgan fingerprint density at radius 2 is 2.42 bits per heavy atom. The van der Waals surface area contributed by atoms with Crippen LogP contribution in [0.4, 0.5) is 0 Å². The molecule has 4 N–H and O–H groups in total. The molecular formula is C7H9N3O2. The van der Waals surface area contributed by atoms with E-state index >= 15 is 0 Å². The van der Waals surface area contributed by atoms with E-state index in [1.807, 2.05) is 5.43 Å². The number of aromatic nitrogens is 1. The minimum Gasteiger partial charge on any atom is -0.390 e. The number of nitrogens with one attached hydrogen (secondary N) is 1. The van der Waals surface area contributed by atoms with Crippen LogP contribution < -0.4 is 11.3 Å². The van der Waals surface area contributed by atoms with Crippen molar-refractivity contribution < 1.29 is 9.90 Å². The van der Waals surface area contributed by atoms with E-state index < -0.39 is 5.91 Å². The van der Waals surface area contributed by atoms with E-state index in [0.717, 1.165) is 0 Å². The number of nitrogens with two attached hydrogens (primary N) is 1. The predicted molar refractivity (Wildman–Crippen MR) is 41.8 cm³/mol. The van der Waals surface area contributed by atoms with E-state index in [-0.39, 0.29) is 12.3 Å². The third-order valence-corrected chi connectivity index (χ3v) is 1.33. The van der Waals surface area contributed by atoms with Crippen LogP contribution in [-0.4, -0.2) is 16.0 Å². The lowest BCUT2D eigenvalue weighted by atomic mass is 10.3. The molecule has 0 aliphatic rings. The van der Waals surface area contributed by atoms with E-state index in [0.29, 0.717) is 5.69 Å². The number of carbonyl (C=O) groups excluding carboxylic acids is 1. The molecule has 1 amide bonds. The smallest absolute Gasteiger partial charge is 0.283 e. The Kier molecular flexibility index (Phi) is 2.73. The molecule has 0 radical (unpaired) electrons. The molecule has 0 aliphatic heterocycles. The molecule has 0 spiro atoms. The average molecular weight is 167 g/mol. The first-order valence-corrected chi connectivity index (χ1v) is 3.35. The van der Waals surface area contributed by atoms with E-state index in [4.69, 9.17) is 10.9 Å². The zero-order valence-electron chi connectivity index (χ0n) is 6.32. The van der Waals surface area contributed by atoms with Gasteiger partial charge in [0.05, 0.1) is 12.3 Å². The first-order chi connectivity index (χ1) is 5.77. The number of aliphatic hydroxyl groups excluding tert-OH is 1. The zero-order chi connectivity index (χ0) is 8.97. The summed E-state index contributed by atoms with van der Waals surface area (Å²) < 4.78 is 0. The summed E-state index contributed by atoms with van der Waals surface area (Å²) in [5.41, 5.74) is 2.59. The molecule has 5 nitrogen and oxygen atoms in total. The second-order valence-corrected chi connectivity index (χ2v) is 2.15. The highest BCUT2D eigenvalue weighted by molar-refractivity contribution is 5.91. The van der Waals surface area contributed by atoms with Gasteiger partial charge in [-0.3, -0.25) is 10.2 Å². The van der Waals surface area contributed by atoms with Crippen LogP contribution in [0, 0.1) is 0 Å². The summed E-state index contributed by atoms with van der Waals surface area (Å²) in [6.45, 7) is -0.189. The molecule has 1 rings (SSSR count). The van der Waals surface area contributed by atoms with Crippen molar-refractivity contribution in [3.8, 4) is 0 Å². The molecule has 1 aromatic rings. The minimum atomic E-state index is -0.467. The van der Waals surface area contributed by atoms with Gasteiger partial charge in [-0.2, -0.15) is 0 Å². The van der Waals surface area contributed by atoms with Crippen molar-refractivity contribution in [1.29, 1.82) is 0 Å². The summed E-state index contributed by atoms with van der Waals surface area (Å²) in [4.78, 5) is 14.7. The van der Waals surface area contributed by atoms with Gasteiger partial charge in [0.25, 0.3) is 5.91 Å². The Morgan fingerprint density at radius 1 is 1.67 bits per heavy atom. The lowest BCUT2D eigenvalue weighted by Crippen LogP contribution is -2.30. The molecule has 0 aromatic carbocycles. The SMILES string of the molecule is NNC(=O)c1cccc(CO)n1. The Bertz CT molecular complexity index is 288. The summed E-state index contributed by atoms with van der Waals surface area (Å²) in [6, 6.07) is 4.76. The van der Waals surface area contributed by atoms with Crippen molar-refractivity contribution in [3.63, 3.8) is 0 Å². The van der Waals surface area contributed by atoms with Gasteiger partial charge in [0.1, 0.15) is 5.69 Å². The highest BCUT2D eigenvalue weighted by atomic mass is 16.3. The van der Waals surface area contributed by atoms with Crippen molar-refractivity contribution in [1.82, 2.24) is 10.4 Å². The van der Waals surface area contributed by atoms with Crippen molar-refractivity contribution >= 4 is 5.91 Å². The van der Waals surface area contributed by atoms with E-state index in [2.05, 4.69) is 4.98 Å². The van der Waals surface area contributed by atoms with Crippen LogP contribution in [0.15, 0.2) is 18.2 Å². The van der Waals surface area contributed by atoms with Gasteiger partial charge in [0.2, 0.25) is 0 Å². The second-order valence-electron chi connectivity index (χ2n) is 2.15. The van der Waals surface area contributed by atoms with Crippen LogP contribution in [0.25, 0.3) is 0 Å². The standard InChI is InChI=1S/C7H9N3O2/c8-10-7(12)6-3-1-2-5(4-11)9-6/h1-3,11H,4,8H2,(H,10,12). The van der Waals surface area contributed by atoms with Crippen LogP contribution in [0.3, 0.4) is 0 Å². The summed E-state index contributed by atoms with van der Waals surface area (Å²) in [5.74, 6) is 4.43. The first kappa shape index (κ1) is 8.63. The molecule has 0 atom stereocenters. The maximum Gasteiger partial charge on any atom is 0.283 e. The largest absolute Gasteiger partial charge is 0.390 e. The van der Waals surface area contributed by atoms with Gasteiger partial charge in [-0.05, 0) is 12.1 Å². The molecule has 0 saturated carbocycles. The number of aliphatic hydroxyl groups is 1. The summed E-state index contributed by atoms with van der Waals surface area (Å²) in [5, 5.41) is 8.69. The highest BCUT2D eigenvalue weighted by Gasteiger charge is 2.04. The number of carbonyl (C=O) groups is 1. The number of amides is 1. The van der Waals surface area contributed by atoms with Gasteiger partial charge in [-0.25, -0.2) is 10.8 Å². The minimum absolute atomic E-state index is 0.189. The number of rotatable bonds is 2. The fourth-order valence-corrected chi connectivity index (χ4v) is 0.768. The molecule has 1 heterocycles. The lowest BCUT2D eigenvalue weighted by Gasteiger charge is -1.99. The van der Waals surface area contributed by atoms with Gasteiger partial charge in [0, 0.05) is 0 Å². The lowest BCUT2D eigenvalue weighted by molar-refractivity contribution is 0.0948. The van der Waals surface area contributed by atoms with Crippen LogP contribution in [0.1, 0.15) is 16.2 Å². The van der Waals surface area contributed by atoms with Crippen LogP contribution in [0.5, 0.6) is 0 Å². The Hall–Kier alpha value is -1.46. The Morgan fingerprint density at radius 3 is 3.00 bits per heavy atom. The molecule has 64 valence electrons. The van der Waals surface area contributed by atoms with Crippen LogP contribution in [0.2, 0.25) is 0 Å². The van der Waals surface area contributed by atoms with Crippen LogP contribution in [-0.2, 0) is 6.61 Å². The predicted octanol–water partition coefficient (Wildman–Crippen LogP) is -0.823. The third kappa shape index (κ3) is 1.77. The van der Waals surface area contributed by atoms with Crippen molar-refractivity contribution in [2.75, 3.05) is 0 Å². The topological polar surface area (TPSA) is 88.2 Å². The molecule has 0 fully saturated rings.